The summed E-state index contributed by atoms with van der Waals surface area (Å²) in [5.41, 5.74) is 1.59. The van der Waals surface area contributed by atoms with E-state index in [0.717, 1.165) is 31.6 Å². The van der Waals surface area contributed by atoms with Crippen LogP contribution in [0.15, 0.2) is 42.6 Å². The van der Waals surface area contributed by atoms with Crippen LogP contribution >= 0.6 is 0 Å². The molecule has 3 N–H and O–H groups in total. The zero-order valence-corrected chi connectivity index (χ0v) is 13.3. The zero-order valence-electron chi connectivity index (χ0n) is 13.3. The summed E-state index contributed by atoms with van der Waals surface area (Å²) < 4.78 is 1.64. The van der Waals surface area contributed by atoms with Crippen molar-refractivity contribution in [2.24, 2.45) is 5.92 Å². The van der Waals surface area contributed by atoms with Gasteiger partial charge in [0.1, 0.15) is 6.10 Å². The van der Waals surface area contributed by atoms with Gasteiger partial charge in [-0.25, -0.2) is 4.98 Å². The summed E-state index contributed by atoms with van der Waals surface area (Å²) in [6, 6.07) is 11.6. The third-order valence-corrected chi connectivity index (χ3v) is 4.40. The largest absolute Gasteiger partial charge is 0.385 e. The standard InChI is InChI=1S/C17H20N6O/c24-15(12-6-9-18-10-7-12)16-19-11-8-14-21-17(22-23(14)16)20-13-4-2-1-3-5-13/h1-5,8,11-12,15,18,24H,6-7,9-10H2,(H,20,22). The normalized spacial score (nSPS) is 17.0. The highest BCUT2D eigenvalue weighted by atomic mass is 16.3. The molecule has 0 aliphatic carbocycles. The number of aliphatic hydroxyl groups is 1. The quantitative estimate of drug-likeness (QED) is 0.679. The van der Waals surface area contributed by atoms with Crippen molar-refractivity contribution in [1.29, 1.82) is 0 Å². The second-order valence-corrected chi connectivity index (χ2v) is 6.03. The number of rotatable bonds is 4. The maximum atomic E-state index is 10.7. The number of fused-ring (bicyclic) bond motifs is 1. The molecule has 3 heterocycles. The molecular formula is C17H20N6O. The first-order valence-electron chi connectivity index (χ1n) is 8.24. The Labute approximate surface area is 139 Å². The number of piperidine rings is 1. The Balaban J connectivity index is 1.64. The smallest absolute Gasteiger partial charge is 0.247 e. The molecule has 7 nitrogen and oxygen atoms in total. The monoisotopic (exact) mass is 324 g/mol. The number of benzene rings is 1. The zero-order chi connectivity index (χ0) is 16.4. The highest BCUT2D eigenvalue weighted by molar-refractivity contribution is 5.55. The summed E-state index contributed by atoms with van der Waals surface area (Å²) in [6.07, 6.45) is 2.91. The molecule has 7 heteroatoms. The van der Waals surface area contributed by atoms with Crippen LogP contribution in [0, 0.1) is 5.92 Å². The van der Waals surface area contributed by atoms with Crippen molar-refractivity contribution >= 4 is 17.3 Å². The van der Waals surface area contributed by atoms with Crippen LogP contribution in [0.1, 0.15) is 24.8 Å². The van der Waals surface area contributed by atoms with Gasteiger partial charge in [0.05, 0.1) is 0 Å². The van der Waals surface area contributed by atoms with Crippen molar-refractivity contribution < 1.29 is 5.11 Å². The first-order valence-corrected chi connectivity index (χ1v) is 8.24. The lowest BCUT2D eigenvalue weighted by atomic mass is 9.92. The fourth-order valence-corrected chi connectivity index (χ4v) is 3.11. The second kappa shape index (κ2) is 6.54. The van der Waals surface area contributed by atoms with Crippen molar-refractivity contribution in [3.05, 3.63) is 48.4 Å². The first kappa shape index (κ1) is 15.0. The van der Waals surface area contributed by atoms with Gasteiger partial charge in [0.25, 0.3) is 0 Å². The molecule has 4 rings (SSSR count). The van der Waals surface area contributed by atoms with E-state index in [-0.39, 0.29) is 5.92 Å². The molecule has 0 amide bonds. The molecule has 24 heavy (non-hydrogen) atoms. The molecule has 0 saturated carbocycles. The maximum Gasteiger partial charge on any atom is 0.247 e. The third-order valence-electron chi connectivity index (χ3n) is 4.40. The lowest BCUT2D eigenvalue weighted by Gasteiger charge is -2.26. The van der Waals surface area contributed by atoms with E-state index in [1.54, 1.807) is 16.8 Å². The molecule has 0 spiro atoms. The van der Waals surface area contributed by atoms with Crippen LogP contribution in [0.5, 0.6) is 0 Å². The van der Waals surface area contributed by atoms with Gasteiger partial charge >= 0.3 is 0 Å². The van der Waals surface area contributed by atoms with Crippen molar-refractivity contribution in [2.45, 2.75) is 18.9 Å². The third kappa shape index (κ3) is 2.95. The Morgan fingerprint density at radius 1 is 1.17 bits per heavy atom. The van der Waals surface area contributed by atoms with Crippen molar-refractivity contribution in [2.75, 3.05) is 18.4 Å². The van der Waals surface area contributed by atoms with E-state index in [0.29, 0.717) is 17.4 Å². The number of nitrogens with one attached hydrogen (secondary N) is 2. The Hall–Kier alpha value is -2.51. The topological polar surface area (TPSA) is 87.4 Å². The van der Waals surface area contributed by atoms with Crippen LogP contribution in [-0.2, 0) is 0 Å². The summed E-state index contributed by atoms with van der Waals surface area (Å²) in [4.78, 5) is 8.84. The van der Waals surface area contributed by atoms with Gasteiger partial charge < -0.3 is 15.7 Å². The first-order chi connectivity index (χ1) is 11.8. The predicted octanol–water partition coefficient (Wildman–Crippen LogP) is 1.90. The highest BCUT2D eigenvalue weighted by Crippen LogP contribution is 2.28. The molecule has 0 bridgehead atoms. The summed E-state index contributed by atoms with van der Waals surface area (Å²) in [5.74, 6) is 1.24. The van der Waals surface area contributed by atoms with Gasteiger partial charge in [0.15, 0.2) is 11.5 Å². The van der Waals surface area contributed by atoms with E-state index >= 15 is 0 Å². The molecule has 2 aromatic heterocycles. The number of anilines is 2. The van der Waals surface area contributed by atoms with E-state index in [4.69, 9.17) is 0 Å². The number of para-hydroxylation sites is 1. The van der Waals surface area contributed by atoms with Crippen LogP contribution in [0.4, 0.5) is 11.6 Å². The Morgan fingerprint density at radius 3 is 2.75 bits per heavy atom. The van der Waals surface area contributed by atoms with Crippen LogP contribution in [0.2, 0.25) is 0 Å². The van der Waals surface area contributed by atoms with E-state index < -0.39 is 6.10 Å². The fourth-order valence-electron chi connectivity index (χ4n) is 3.11. The second-order valence-electron chi connectivity index (χ2n) is 6.03. The fraction of sp³-hybridized carbons (Fsp3) is 0.353. The number of nitrogens with zero attached hydrogens (tertiary/aromatic N) is 4. The number of hydrogen-bond acceptors (Lipinski definition) is 6. The maximum absolute atomic E-state index is 10.7. The summed E-state index contributed by atoms with van der Waals surface area (Å²) in [7, 11) is 0. The molecule has 1 saturated heterocycles. The molecule has 1 atom stereocenters. The van der Waals surface area contributed by atoms with Crippen molar-refractivity contribution in [1.82, 2.24) is 24.9 Å². The molecule has 124 valence electrons. The number of aromatic nitrogens is 4. The van der Waals surface area contributed by atoms with Gasteiger partial charge in [-0.1, -0.05) is 18.2 Å². The van der Waals surface area contributed by atoms with Gasteiger partial charge in [-0.2, -0.15) is 9.50 Å². The van der Waals surface area contributed by atoms with Crippen molar-refractivity contribution in [3.8, 4) is 0 Å². The number of hydrogen-bond donors (Lipinski definition) is 3. The summed E-state index contributed by atoms with van der Waals surface area (Å²) >= 11 is 0. The minimum atomic E-state index is -0.637. The van der Waals surface area contributed by atoms with E-state index in [9.17, 15) is 5.11 Å². The highest BCUT2D eigenvalue weighted by Gasteiger charge is 2.26. The van der Waals surface area contributed by atoms with E-state index in [1.807, 2.05) is 30.3 Å². The average molecular weight is 324 g/mol. The average Bonchev–Trinajstić information content (AvgIpc) is 3.05. The van der Waals surface area contributed by atoms with Gasteiger partial charge in [-0.05, 0) is 44.0 Å². The minimum Gasteiger partial charge on any atom is -0.385 e. The van der Waals surface area contributed by atoms with E-state index in [2.05, 4.69) is 25.7 Å². The molecule has 1 aliphatic rings. The van der Waals surface area contributed by atoms with Crippen LogP contribution in [-0.4, -0.2) is 37.8 Å². The van der Waals surface area contributed by atoms with Gasteiger partial charge in [-0.3, -0.25) is 0 Å². The van der Waals surface area contributed by atoms with Crippen LogP contribution < -0.4 is 10.6 Å². The van der Waals surface area contributed by atoms with Gasteiger partial charge in [0.2, 0.25) is 5.95 Å². The Bertz CT molecular complexity index is 812. The van der Waals surface area contributed by atoms with Crippen molar-refractivity contribution in [3.63, 3.8) is 0 Å². The summed E-state index contributed by atoms with van der Waals surface area (Å²) in [5, 5.41) is 21.7. The Morgan fingerprint density at radius 2 is 1.96 bits per heavy atom. The predicted molar refractivity (Wildman–Crippen MR) is 91.1 cm³/mol. The minimum absolute atomic E-state index is 0.194. The molecule has 1 fully saturated rings. The van der Waals surface area contributed by atoms with Crippen LogP contribution in [0.25, 0.3) is 5.65 Å². The molecule has 3 aromatic rings. The van der Waals surface area contributed by atoms with Gasteiger partial charge in [0, 0.05) is 18.0 Å². The lowest BCUT2D eigenvalue weighted by Crippen LogP contribution is -2.31. The molecule has 1 unspecified atom stereocenters. The van der Waals surface area contributed by atoms with Crippen LogP contribution in [0.3, 0.4) is 0 Å². The molecular weight excluding hydrogens is 304 g/mol. The lowest BCUT2D eigenvalue weighted by molar-refractivity contribution is 0.0789. The van der Waals surface area contributed by atoms with E-state index in [1.165, 1.54) is 0 Å². The van der Waals surface area contributed by atoms with Gasteiger partial charge in [-0.15, -0.1) is 5.10 Å². The molecule has 1 aliphatic heterocycles. The molecule has 1 aromatic carbocycles. The SMILES string of the molecule is OC(c1nccc2nc(Nc3ccccc3)nn12)C1CCNCC1. The molecule has 0 radical (unpaired) electrons. The summed E-state index contributed by atoms with van der Waals surface area (Å²) in [6.45, 7) is 1.85. The Kier molecular flexibility index (Phi) is 4.10. The number of aliphatic hydroxyl groups excluding tert-OH is 1.